The van der Waals surface area contributed by atoms with E-state index in [-0.39, 0.29) is 11.2 Å². The molecule has 0 nitrogen and oxygen atoms in total. The zero-order valence-electron chi connectivity index (χ0n) is 8.90. The summed E-state index contributed by atoms with van der Waals surface area (Å²) in [5.41, 5.74) is 0.646. The topological polar surface area (TPSA) is 0 Å². The monoisotopic (exact) mass is 214 g/mol. The van der Waals surface area contributed by atoms with Gasteiger partial charge in [0.15, 0.2) is 0 Å². The fourth-order valence-corrected chi connectivity index (χ4v) is 1.96. The van der Waals surface area contributed by atoms with Crippen LogP contribution in [0.2, 0.25) is 5.02 Å². The van der Waals surface area contributed by atoms with Crippen molar-refractivity contribution in [1.82, 2.24) is 0 Å². The van der Waals surface area contributed by atoms with E-state index in [1.165, 1.54) is 6.07 Å². The molecule has 0 aromatic heterocycles. The van der Waals surface area contributed by atoms with E-state index in [0.717, 1.165) is 18.4 Å². The van der Waals surface area contributed by atoms with E-state index in [1.807, 2.05) is 0 Å². The Labute approximate surface area is 90.1 Å². The lowest BCUT2D eigenvalue weighted by molar-refractivity contribution is 0.445. The molecule has 0 radical (unpaired) electrons. The summed E-state index contributed by atoms with van der Waals surface area (Å²) in [6.45, 7) is 6.22. The second kappa shape index (κ2) is 4.31. The Morgan fingerprint density at radius 3 is 2.50 bits per heavy atom. The van der Waals surface area contributed by atoms with Gasteiger partial charge in [0, 0.05) is 5.02 Å². The normalized spacial score (nSPS) is 11.8. The van der Waals surface area contributed by atoms with E-state index in [1.54, 1.807) is 12.1 Å². The fourth-order valence-electron chi connectivity index (χ4n) is 1.80. The summed E-state index contributed by atoms with van der Waals surface area (Å²) in [4.78, 5) is 0. The smallest absolute Gasteiger partial charge is 0.128 e. The zero-order chi connectivity index (χ0) is 10.8. The van der Waals surface area contributed by atoms with Crippen molar-refractivity contribution in [1.29, 1.82) is 0 Å². The maximum absolute atomic E-state index is 13.6. The summed E-state index contributed by atoms with van der Waals surface area (Å²) in [6, 6.07) is 4.92. The third-order valence-electron chi connectivity index (χ3n) is 2.54. The van der Waals surface area contributed by atoms with Crippen LogP contribution in [0.1, 0.15) is 39.2 Å². The Bertz CT molecular complexity index is 318. The van der Waals surface area contributed by atoms with Crippen LogP contribution in [0.25, 0.3) is 0 Å². The van der Waals surface area contributed by atoms with E-state index in [9.17, 15) is 4.39 Å². The van der Waals surface area contributed by atoms with E-state index in [2.05, 4.69) is 20.8 Å². The van der Waals surface area contributed by atoms with Gasteiger partial charge < -0.3 is 0 Å². The van der Waals surface area contributed by atoms with Gasteiger partial charge in [-0.15, -0.1) is 0 Å². The zero-order valence-corrected chi connectivity index (χ0v) is 9.66. The van der Waals surface area contributed by atoms with Crippen LogP contribution in [-0.4, -0.2) is 0 Å². The maximum atomic E-state index is 13.6. The quantitative estimate of drug-likeness (QED) is 0.692. The molecule has 0 aliphatic carbocycles. The Hall–Kier alpha value is -0.560. The molecule has 0 bridgehead atoms. The molecule has 1 rings (SSSR count). The van der Waals surface area contributed by atoms with Crippen molar-refractivity contribution in [2.45, 2.75) is 39.0 Å². The number of hydrogen-bond donors (Lipinski definition) is 0. The van der Waals surface area contributed by atoms with Crippen molar-refractivity contribution in [3.63, 3.8) is 0 Å². The van der Waals surface area contributed by atoms with Crippen LogP contribution in [0.15, 0.2) is 18.2 Å². The lowest BCUT2D eigenvalue weighted by atomic mass is 9.80. The van der Waals surface area contributed by atoms with Gasteiger partial charge in [-0.3, -0.25) is 0 Å². The minimum atomic E-state index is -0.198. The van der Waals surface area contributed by atoms with Crippen LogP contribution in [0.3, 0.4) is 0 Å². The molecule has 0 aliphatic rings. The number of rotatable bonds is 3. The van der Waals surface area contributed by atoms with Gasteiger partial charge in [-0.2, -0.15) is 0 Å². The molecule has 0 aliphatic heterocycles. The van der Waals surface area contributed by atoms with E-state index >= 15 is 0 Å². The summed E-state index contributed by atoms with van der Waals surface area (Å²) < 4.78 is 13.6. The molecular weight excluding hydrogens is 199 g/mol. The van der Waals surface area contributed by atoms with Gasteiger partial charge >= 0.3 is 0 Å². The van der Waals surface area contributed by atoms with Crippen LogP contribution < -0.4 is 0 Å². The molecule has 0 N–H and O–H groups in total. The van der Waals surface area contributed by atoms with Crippen molar-refractivity contribution < 1.29 is 4.39 Å². The van der Waals surface area contributed by atoms with Crippen LogP contribution in [-0.2, 0) is 5.41 Å². The van der Waals surface area contributed by atoms with Gasteiger partial charge in [-0.25, -0.2) is 4.39 Å². The molecule has 78 valence electrons. The van der Waals surface area contributed by atoms with E-state index in [0.29, 0.717) is 5.02 Å². The lowest BCUT2D eigenvalue weighted by Crippen LogP contribution is -2.18. The molecule has 0 fully saturated rings. The highest BCUT2D eigenvalue weighted by molar-refractivity contribution is 6.30. The largest absolute Gasteiger partial charge is 0.207 e. The first-order chi connectivity index (χ1) is 6.47. The minimum Gasteiger partial charge on any atom is -0.207 e. The van der Waals surface area contributed by atoms with Crippen molar-refractivity contribution >= 4 is 11.6 Å². The summed E-state index contributed by atoms with van der Waals surface area (Å²) >= 11 is 5.70. The van der Waals surface area contributed by atoms with Crippen molar-refractivity contribution in [3.05, 3.63) is 34.6 Å². The van der Waals surface area contributed by atoms with E-state index < -0.39 is 0 Å². The SMILES string of the molecule is CCCC(C)(C)c1ccc(Cl)cc1F. The third kappa shape index (κ3) is 2.48. The van der Waals surface area contributed by atoms with Crippen molar-refractivity contribution in [2.75, 3.05) is 0 Å². The second-order valence-electron chi connectivity index (χ2n) is 4.26. The van der Waals surface area contributed by atoms with Crippen LogP contribution in [0, 0.1) is 5.82 Å². The molecule has 0 spiro atoms. The molecule has 0 saturated carbocycles. The number of halogens is 2. The molecule has 1 aromatic rings. The van der Waals surface area contributed by atoms with Gasteiger partial charge in [-0.1, -0.05) is 44.9 Å². The Morgan fingerprint density at radius 2 is 2.00 bits per heavy atom. The highest BCUT2D eigenvalue weighted by Crippen LogP contribution is 2.31. The summed E-state index contributed by atoms with van der Waals surface area (Å²) in [5.74, 6) is -0.198. The van der Waals surface area contributed by atoms with Crippen LogP contribution in [0.5, 0.6) is 0 Å². The lowest BCUT2D eigenvalue weighted by Gasteiger charge is -2.25. The number of benzene rings is 1. The standard InChI is InChI=1S/C12H16ClF/c1-4-7-12(2,3)10-6-5-9(13)8-11(10)14/h5-6,8H,4,7H2,1-3H3. The molecule has 2 heteroatoms. The Morgan fingerprint density at radius 1 is 1.36 bits per heavy atom. The highest BCUT2D eigenvalue weighted by Gasteiger charge is 2.22. The predicted molar refractivity (Wildman–Crippen MR) is 59.3 cm³/mol. The Balaban J connectivity index is 3.06. The first kappa shape index (κ1) is 11.5. The van der Waals surface area contributed by atoms with Gasteiger partial charge in [0.05, 0.1) is 0 Å². The summed E-state index contributed by atoms with van der Waals surface area (Å²) in [6.07, 6.45) is 2.03. The molecule has 0 atom stereocenters. The predicted octanol–water partition coefficient (Wildman–Crippen LogP) is 4.56. The molecular formula is C12H16ClF. The summed E-state index contributed by atoms with van der Waals surface area (Å²) in [7, 11) is 0. The van der Waals surface area contributed by atoms with Crippen LogP contribution >= 0.6 is 11.6 Å². The molecule has 0 heterocycles. The number of hydrogen-bond acceptors (Lipinski definition) is 0. The first-order valence-corrected chi connectivity index (χ1v) is 5.30. The second-order valence-corrected chi connectivity index (χ2v) is 4.69. The van der Waals surface area contributed by atoms with Crippen molar-refractivity contribution in [2.24, 2.45) is 0 Å². The average molecular weight is 215 g/mol. The molecule has 0 saturated heterocycles. The average Bonchev–Trinajstić information content (AvgIpc) is 2.02. The fraction of sp³-hybridized carbons (Fsp3) is 0.500. The highest BCUT2D eigenvalue weighted by atomic mass is 35.5. The van der Waals surface area contributed by atoms with Crippen molar-refractivity contribution in [3.8, 4) is 0 Å². The molecule has 0 unspecified atom stereocenters. The minimum absolute atomic E-state index is 0.108. The van der Waals surface area contributed by atoms with Gasteiger partial charge in [-0.05, 0) is 29.5 Å². The van der Waals surface area contributed by atoms with Crippen LogP contribution in [0.4, 0.5) is 4.39 Å². The maximum Gasteiger partial charge on any atom is 0.128 e. The van der Waals surface area contributed by atoms with Gasteiger partial charge in [0.1, 0.15) is 5.82 Å². The first-order valence-electron chi connectivity index (χ1n) is 4.93. The Kier molecular flexibility index (Phi) is 3.54. The van der Waals surface area contributed by atoms with Gasteiger partial charge in [0.25, 0.3) is 0 Å². The molecule has 14 heavy (non-hydrogen) atoms. The summed E-state index contributed by atoms with van der Waals surface area (Å²) in [5, 5.41) is 0.457. The van der Waals surface area contributed by atoms with E-state index in [4.69, 9.17) is 11.6 Å². The third-order valence-corrected chi connectivity index (χ3v) is 2.77. The van der Waals surface area contributed by atoms with Gasteiger partial charge in [0.2, 0.25) is 0 Å². The molecule has 0 amide bonds. The molecule has 1 aromatic carbocycles.